The molecule has 1 heterocycles. The van der Waals surface area contributed by atoms with Crippen LogP contribution in [-0.4, -0.2) is 17.2 Å². The number of fused-ring (bicyclic) bond motifs is 1. The highest BCUT2D eigenvalue weighted by Crippen LogP contribution is 2.30. The van der Waals surface area contributed by atoms with Gasteiger partial charge in [-0.1, -0.05) is 41.6 Å². The van der Waals surface area contributed by atoms with Crippen molar-refractivity contribution in [1.82, 2.24) is 4.72 Å². The summed E-state index contributed by atoms with van der Waals surface area (Å²) < 4.78 is 23.8. The van der Waals surface area contributed by atoms with Crippen LogP contribution in [0.3, 0.4) is 0 Å². The van der Waals surface area contributed by atoms with Crippen LogP contribution in [0.4, 0.5) is 0 Å². The van der Waals surface area contributed by atoms with Crippen molar-refractivity contribution >= 4 is 27.9 Å². The van der Waals surface area contributed by atoms with Crippen LogP contribution < -0.4 is 9.46 Å². The monoisotopic (exact) mass is 276 g/mol. The van der Waals surface area contributed by atoms with Gasteiger partial charge in [0.15, 0.2) is 5.84 Å². The van der Waals surface area contributed by atoms with Crippen LogP contribution in [-0.2, 0) is 22.0 Å². The lowest BCUT2D eigenvalue weighted by Crippen LogP contribution is -2.21. The van der Waals surface area contributed by atoms with Crippen molar-refractivity contribution in [3.63, 3.8) is 0 Å². The maximum absolute atomic E-state index is 11.0. The number of nitrogens with one attached hydrogen (secondary N) is 1. The van der Waals surface area contributed by atoms with Crippen molar-refractivity contribution < 1.29 is 13.2 Å². The Labute approximate surface area is 113 Å². The lowest BCUT2D eigenvalue weighted by molar-refractivity contribution is 0.384. The minimum atomic E-state index is -1.56. The summed E-state index contributed by atoms with van der Waals surface area (Å²) >= 11 is -1.56. The normalized spacial score (nSPS) is 17.7. The molecule has 0 saturated carbocycles. The van der Waals surface area contributed by atoms with Crippen LogP contribution in [0.1, 0.15) is 5.56 Å². The van der Waals surface area contributed by atoms with Crippen molar-refractivity contribution in [3.8, 4) is 5.75 Å². The van der Waals surface area contributed by atoms with Crippen LogP contribution in [0, 0.1) is 0 Å². The second kappa shape index (κ2) is 4.89. The van der Waals surface area contributed by atoms with Crippen LogP contribution in [0.2, 0.25) is 0 Å². The van der Waals surface area contributed by atoms with E-state index in [9.17, 15) is 4.21 Å². The zero-order valence-electron chi connectivity index (χ0n) is 10.3. The fraction of sp³-hybridized carbons (Fsp3) is 0.154. The van der Waals surface area contributed by atoms with Crippen LogP contribution in [0.15, 0.2) is 41.6 Å². The van der Waals surface area contributed by atoms with Crippen molar-refractivity contribution in [3.05, 3.63) is 42.0 Å². The average molecular weight is 276 g/mol. The SMILES string of the molecule is COc1c(CC2=NOS(=O)N2)ccc2ccccc12. The quantitative estimate of drug-likeness (QED) is 0.931. The molecule has 98 valence electrons. The zero-order valence-corrected chi connectivity index (χ0v) is 11.1. The number of benzene rings is 2. The molecule has 5 nitrogen and oxygen atoms in total. The Morgan fingerprint density at radius 2 is 2.16 bits per heavy atom. The fourth-order valence-corrected chi connectivity index (χ4v) is 2.63. The largest absolute Gasteiger partial charge is 0.496 e. The summed E-state index contributed by atoms with van der Waals surface area (Å²) in [5.74, 6) is 1.34. The average Bonchev–Trinajstić information content (AvgIpc) is 2.84. The number of hydrogen-bond donors (Lipinski definition) is 1. The second-order valence-electron chi connectivity index (χ2n) is 4.11. The smallest absolute Gasteiger partial charge is 0.338 e. The highest BCUT2D eigenvalue weighted by atomic mass is 32.2. The number of hydrogen-bond acceptors (Lipinski definition) is 4. The molecule has 0 radical (unpaired) electrons. The predicted octanol–water partition coefficient (Wildman–Crippen LogP) is 1.90. The second-order valence-corrected chi connectivity index (χ2v) is 4.93. The number of nitrogens with zero attached hydrogens (tertiary/aromatic N) is 1. The Morgan fingerprint density at radius 1 is 1.32 bits per heavy atom. The van der Waals surface area contributed by atoms with E-state index in [1.165, 1.54) is 0 Å². The van der Waals surface area contributed by atoms with Gasteiger partial charge < -0.3 is 4.74 Å². The molecule has 0 fully saturated rings. The molecule has 0 bridgehead atoms. The highest BCUT2D eigenvalue weighted by Gasteiger charge is 2.17. The van der Waals surface area contributed by atoms with Gasteiger partial charge in [0, 0.05) is 17.4 Å². The van der Waals surface area contributed by atoms with Gasteiger partial charge >= 0.3 is 11.3 Å². The third-order valence-corrected chi connectivity index (χ3v) is 3.55. The molecule has 6 heteroatoms. The van der Waals surface area contributed by atoms with E-state index in [-0.39, 0.29) is 0 Å². The van der Waals surface area contributed by atoms with E-state index in [0.717, 1.165) is 22.1 Å². The van der Waals surface area contributed by atoms with Crippen molar-refractivity contribution in [2.75, 3.05) is 7.11 Å². The Kier molecular flexibility index (Phi) is 3.08. The van der Waals surface area contributed by atoms with Gasteiger partial charge in [0.1, 0.15) is 5.75 Å². The number of rotatable bonds is 3. The van der Waals surface area contributed by atoms with E-state index in [2.05, 4.69) is 14.2 Å². The number of amidine groups is 1. The summed E-state index contributed by atoms with van der Waals surface area (Å²) in [7, 11) is 1.64. The minimum Gasteiger partial charge on any atom is -0.496 e. The maximum Gasteiger partial charge on any atom is 0.338 e. The standard InChI is InChI=1S/C13H12N2O3S/c1-17-13-10(8-12-14-18-19(16)15-12)7-6-9-4-2-3-5-11(9)13/h2-7H,8H2,1H3,(H,14,15). The van der Waals surface area contributed by atoms with Gasteiger partial charge in [-0.3, -0.25) is 9.01 Å². The first kappa shape index (κ1) is 12.0. The van der Waals surface area contributed by atoms with Crippen molar-refractivity contribution in [2.45, 2.75) is 6.42 Å². The fourth-order valence-electron chi connectivity index (χ4n) is 2.13. The summed E-state index contributed by atoms with van der Waals surface area (Å²) in [5, 5.41) is 5.88. The van der Waals surface area contributed by atoms with Crippen molar-refractivity contribution in [1.29, 1.82) is 0 Å². The van der Waals surface area contributed by atoms with Gasteiger partial charge in [-0.2, -0.15) is 4.21 Å². The summed E-state index contributed by atoms with van der Waals surface area (Å²) in [6.45, 7) is 0. The van der Waals surface area contributed by atoms with E-state index in [4.69, 9.17) is 4.74 Å². The molecule has 0 amide bonds. The van der Waals surface area contributed by atoms with Gasteiger partial charge in [-0.05, 0) is 5.39 Å². The molecule has 3 rings (SSSR count). The van der Waals surface area contributed by atoms with E-state index >= 15 is 0 Å². The summed E-state index contributed by atoms with van der Waals surface area (Å²) in [6.07, 6.45) is 0.486. The summed E-state index contributed by atoms with van der Waals surface area (Å²) in [6, 6.07) is 12.0. The van der Waals surface area contributed by atoms with Gasteiger partial charge in [-0.15, -0.1) is 0 Å². The van der Waals surface area contributed by atoms with E-state index < -0.39 is 11.3 Å². The first-order valence-electron chi connectivity index (χ1n) is 5.75. The summed E-state index contributed by atoms with van der Waals surface area (Å²) in [4.78, 5) is 0. The van der Waals surface area contributed by atoms with Crippen LogP contribution in [0.5, 0.6) is 5.75 Å². The minimum absolute atomic E-state index is 0.486. The molecule has 19 heavy (non-hydrogen) atoms. The van der Waals surface area contributed by atoms with Gasteiger partial charge in [0.2, 0.25) is 0 Å². The van der Waals surface area contributed by atoms with Crippen LogP contribution in [0.25, 0.3) is 10.8 Å². The van der Waals surface area contributed by atoms with Gasteiger partial charge in [0.25, 0.3) is 0 Å². The number of ether oxygens (including phenoxy) is 1. The molecule has 1 aliphatic rings. The lowest BCUT2D eigenvalue weighted by Gasteiger charge is -2.11. The molecule has 0 spiro atoms. The topological polar surface area (TPSA) is 59.9 Å². The third-order valence-electron chi connectivity index (χ3n) is 2.94. The van der Waals surface area contributed by atoms with Crippen molar-refractivity contribution in [2.24, 2.45) is 5.16 Å². The molecule has 0 aromatic heterocycles. The molecule has 0 saturated heterocycles. The molecular formula is C13H12N2O3S. The van der Waals surface area contributed by atoms with E-state index in [1.807, 2.05) is 36.4 Å². The Morgan fingerprint density at radius 3 is 2.89 bits per heavy atom. The maximum atomic E-state index is 11.0. The highest BCUT2D eigenvalue weighted by molar-refractivity contribution is 7.79. The predicted molar refractivity (Wildman–Crippen MR) is 74.0 cm³/mol. The van der Waals surface area contributed by atoms with E-state index in [1.54, 1.807) is 7.11 Å². The first-order chi connectivity index (χ1) is 9.28. The van der Waals surface area contributed by atoms with E-state index in [0.29, 0.717) is 12.3 Å². The molecule has 1 aliphatic heterocycles. The third kappa shape index (κ3) is 2.26. The Bertz CT molecular complexity index is 685. The first-order valence-corrected chi connectivity index (χ1v) is 6.83. The molecule has 1 atom stereocenters. The number of oxime groups is 1. The van der Waals surface area contributed by atoms with Crippen LogP contribution >= 0.6 is 0 Å². The summed E-state index contributed by atoms with van der Waals surface area (Å²) in [5.41, 5.74) is 0.968. The molecule has 0 aliphatic carbocycles. The molecule has 1 N–H and O–H groups in total. The zero-order chi connectivity index (χ0) is 13.2. The van der Waals surface area contributed by atoms with Gasteiger partial charge in [-0.25, -0.2) is 0 Å². The number of methoxy groups -OCH3 is 1. The molecule has 2 aromatic carbocycles. The van der Waals surface area contributed by atoms with Gasteiger partial charge in [0.05, 0.1) is 7.11 Å². The molecule has 2 aromatic rings. The molecular weight excluding hydrogens is 264 g/mol. The Balaban J connectivity index is 2.01. The lowest BCUT2D eigenvalue weighted by atomic mass is 10.0. The Hall–Kier alpha value is -2.08. The molecule has 1 unspecified atom stereocenters.